The van der Waals surface area contributed by atoms with Crippen molar-refractivity contribution in [3.63, 3.8) is 0 Å². The molecule has 10 heteroatoms. The maximum Gasteiger partial charge on any atom is 0.416 e. The van der Waals surface area contributed by atoms with Crippen molar-refractivity contribution in [2.45, 2.75) is 31.5 Å². The minimum Gasteiger partial charge on any atom is -0.383 e. The lowest BCUT2D eigenvalue weighted by atomic mass is 9.89. The van der Waals surface area contributed by atoms with Gasteiger partial charge in [-0.1, -0.05) is 6.07 Å². The van der Waals surface area contributed by atoms with Crippen molar-refractivity contribution in [3.8, 4) is 0 Å². The molecule has 1 fully saturated rings. The number of carbonyl (C=O) groups excluding carboxylic acids is 1. The summed E-state index contributed by atoms with van der Waals surface area (Å²) in [5, 5.41) is 5.68. The molecule has 0 spiro atoms. The molecule has 7 nitrogen and oxygen atoms in total. The molecule has 2 aliphatic rings. The number of hydrogen-bond acceptors (Lipinski definition) is 5. The molecule has 6 rings (SSSR count). The number of aryl methyl sites for hydroxylation is 1. The molecule has 174 valence electrons. The summed E-state index contributed by atoms with van der Waals surface area (Å²) in [6, 6.07) is 5.34. The zero-order valence-corrected chi connectivity index (χ0v) is 18.3. The number of likely N-dealkylation sites (tertiary alicyclic amines) is 1. The summed E-state index contributed by atoms with van der Waals surface area (Å²) in [5.41, 5.74) is 8.48. The zero-order chi connectivity index (χ0) is 23.8. The number of benzene rings is 1. The van der Waals surface area contributed by atoms with E-state index >= 15 is 0 Å². The van der Waals surface area contributed by atoms with Gasteiger partial charge in [0.05, 0.1) is 40.4 Å². The second kappa shape index (κ2) is 7.15. The summed E-state index contributed by atoms with van der Waals surface area (Å²) in [4.78, 5) is 24.2. The Morgan fingerprint density at radius 2 is 2.00 bits per heavy atom. The Labute approximate surface area is 192 Å². The fourth-order valence-corrected chi connectivity index (χ4v) is 5.59. The Kier molecular flexibility index (Phi) is 4.39. The molecule has 1 aliphatic heterocycles. The first-order valence-electron chi connectivity index (χ1n) is 11.1. The molecule has 2 unspecified atom stereocenters. The molecule has 1 saturated heterocycles. The second-order valence-corrected chi connectivity index (χ2v) is 9.08. The van der Waals surface area contributed by atoms with Gasteiger partial charge in [0.15, 0.2) is 0 Å². The summed E-state index contributed by atoms with van der Waals surface area (Å²) in [7, 11) is 1.79. The van der Waals surface area contributed by atoms with E-state index in [4.69, 9.17) is 5.73 Å². The fraction of sp³-hybridized carbons (Fsp3) is 0.333. The number of nitrogens with zero attached hydrogens (tertiary/aromatic N) is 5. The molecular weight excluding hydrogens is 445 g/mol. The highest BCUT2D eigenvalue weighted by molar-refractivity contribution is 6.09. The topological polar surface area (TPSA) is 89.9 Å². The average molecular weight is 466 g/mol. The van der Waals surface area contributed by atoms with Crippen molar-refractivity contribution in [3.05, 3.63) is 59.0 Å². The van der Waals surface area contributed by atoms with Crippen LogP contribution in [0.2, 0.25) is 0 Å². The fourth-order valence-electron chi connectivity index (χ4n) is 5.59. The monoisotopic (exact) mass is 466 g/mol. The van der Waals surface area contributed by atoms with E-state index in [1.807, 2.05) is 0 Å². The Morgan fingerprint density at radius 1 is 1.18 bits per heavy atom. The standard InChI is InChI=1S/C24H21F3N6O/c1-32-21-16-9-18(29-11-19(16)31-22(28)17(21)10-30-32)23(34)33-6-2-3-12-7-13-8-14(24(25,26)27)4-5-15(13)20(12)33/h4-5,8-12,20H,2-3,6-7H2,1H3,(H2,28,31). The molecular formula is C24H21F3N6O. The minimum absolute atomic E-state index is 0.0990. The van der Waals surface area contributed by atoms with Crippen LogP contribution < -0.4 is 5.73 Å². The van der Waals surface area contributed by atoms with Crippen molar-refractivity contribution in [2.24, 2.45) is 13.0 Å². The molecule has 0 bridgehead atoms. The Hall–Kier alpha value is -3.69. The van der Waals surface area contributed by atoms with Crippen molar-refractivity contribution in [1.82, 2.24) is 24.6 Å². The van der Waals surface area contributed by atoms with Crippen LogP contribution in [0.25, 0.3) is 21.8 Å². The number of amides is 1. The molecule has 2 atom stereocenters. The number of pyridine rings is 2. The molecule has 4 heterocycles. The van der Waals surface area contributed by atoms with E-state index in [-0.39, 0.29) is 23.6 Å². The number of alkyl halides is 3. The molecule has 1 aromatic carbocycles. The van der Waals surface area contributed by atoms with E-state index in [9.17, 15) is 18.0 Å². The molecule has 2 N–H and O–H groups in total. The van der Waals surface area contributed by atoms with Crippen LogP contribution in [0.5, 0.6) is 0 Å². The Morgan fingerprint density at radius 3 is 2.79 bits per heavy atom. The van der Waals surface area contributed by atoms with Crippen molar-refractivity contribution >= 4 is 33.5 Å². The SMILES string of the molecule is Cn1ncc2c(N)nc3cnc(C(=O)N4CCCC5Cc6cc(C(F)(F)F)ccc6C54)cc3c21. The predicted octanol–water partition coefficient (Wildman–Crippen LogP) is 4.27. The highest BCUT2D eigenvalue weighted by Crippen LogP contribution is 2.47. The third-order valence-electron chi connectivity index (χ3n) is 7.10. The van der Waals surface area contributed by atoms with Gasteiger partial charge >= 0.3 is 6.18 Å². The number of rotatable bonds is 1. The number of anilines is 1. The normalized spacial score (nSPS) is 20.1. The number of aromatic nitrogens is 4. The van der Waals surface area contributed by atoms with Gasteiger partial charge in [-0.15, -0.1) is 0 Å². The molecule has 1 aliphatic carbocycles. The highest BCUT2D eigenvalue weighted by atomic mass is 19.4. The van der Waals surface area contributed by atoms with Crippen LogP contribution in [0, 0.1) is 5.92 Å². The van der Waals surface area contributed by atoms with Gasteiger partial charge < -0.3 is 10.6 Å². The number of hydrogen-bond donors (Lipinski definition) is 1. The first-order chi connectivity index (χ1) is 16.2. The first kappa shape index (κ1) is 20.9. The van der Waals surface area contributed by atoms with E-state index in [1.54, 1.807) is 28.9 Å². The number of nitrogens with two attached hydrogens (primary N) is 1. The third kappa shape index (κ3) is 3.04. The maximum atomic E-state index is 13.7. The Bertz CT molecular complexity index is 1480. The summed E-state index contributed by atoms with van der Waals surface area (Å²) < 4.78 is 41.4. The van der Waals surface area contributed by atoms with Gasteiger partial charge in [0, 0.05) is 19.0 Å². The number of piperidine rings is 1. The lowest BCUT2D eigenvalue weighted by Gasteiger charge is -2.38. The number of carbonyl (C=O) groups is 1. The number of nitrogen functional groups attached to an aromatic ring is 1. The van der Waals surface area contributed by atoms with Crippen LogP contribution >= 0.6 is 0 Å². The first-order valence-corrected chi connectivity index (χ1v) is 11.1. The molecule has 34 heavy (non-hydrogen) atoms. The minimum atomic E-state index is -4.39. The summed E-state index contributed by atoms with van der Waals surface area (Å²) in [6.45, 7) is 0.529. The molecule has 4 aromatic rings. The van der Waals surface area contributed by atoms with Crippen molar-refractivity contribution < 1.29 is 18.0 Å². The van der Waals surface area contributed by atoms with Crippen LogP contribution in [0.1, 0.15) is 46.1 Å². The summed E-state index contributed by atoms with van der Waals surface area (Å²) in [5.74, 6) is 0.203. The molecule has 0 saturated carbocycles. The maximum absolute atomic E-state index is 13.7. The Balaban J connectivity index is 1.41. The third-order valence-corrected chi connectivity index (χ3v) is 7.10. The van der Waals surface area contributed by atoms with Gasteiger partial charge in [0.25, 0.3) is 5.91 Å². The van der Waals surface area contributed by atoms with Crippen LogP contribution in [-0.4, -0.2) is 37.1 Å². The van der Waals surface area contributed by atoms with E-state index < -0.39 is 11.7 Å². The smallest absolute Gasteiger partial charge is 0.383 e. The van der Waals surface area contributed by atoms with E-state index in [0.717, 1.165) is 35.4 Å². The van der Waals surface area contributed by atoms with Crippen LogP contribution in [0.4, 0.5) is 19.0 Å². The van der Waals surface area contributed by atoms with Crippen molar-refractivity contribution in [1.29, 1.82) is 0 Å². The van der Waals surface area contributed by atoms with Crippen LogP contribution in [0.15, 0.2) is 36.7 Å². The number of halogens is 3. The highest BCUT2D eigenvalue weighted by Gasteiger charge is 2.43. The van der Waals surface area contributed by atoms with Gasteiger partial charge in [-0.25, -0.2) is 9.97 Å². The van der Waals surface area contributed by atoms with Gasteiger partial charge in [0.1, 0.15) is 11.5 Å². The van der Waals surface area contributed by atoms with Gasteiger partial charge in [-0.2, -0.15) is 18.3 Å². The van der Waals surface area contributed by atoms with Crippen LogP contribution in [-0.2, 0) is 19.6 Å². The van der Waals surface area contributed by atoms with E-state index in [2.05, 4.69) is 15.1 Å². The molecule has 1 amide bonds. The van der Waals surface area contributed by atoms with E-state index in [0.29, 0.717) is 35.2 Å². The van der Waals surface area contributed by atoms with Gasteiger partial charge in [-0.05, 0) is 54.5 Å². The van der Waals surface area contributed by atoms with Crippen molar-refractivity contribution in [2.75, 3.05) is 12.3 Å². The summed E-state index contributed by atoms with van der Waals surface area (Å²) in [6.07, 6.45) is 0.989. The number of fused-ring (bicyclic) bond motifs is 6. The quantitative estimate of drug-likeness (QED) is 0.453. The van der Waals surface area contributed by atoms with Crippen LogP contribution in [0.3, 0.4) is 0 Å². The lowest BCUT2D eigenvalue weighted by molar-refractivity contribution is -0.137. The lowest BCUT2D eigenvalue weighted by Crippen LogP contribution is -2.41. The second-order valence-electron chi connectivity index (χ2n) is 9.08. The van der Waals surface area contributed by atoms with Gasteiger partial charge in [-0.3, -0.25) is 9.48 Å². The zero-order valence-electron chi connectivity index (χ0n) is 18.3. The van der Waals surface area contributed by atoms with E-state index in [1.165, 1.54) is 18.3 Å². The average Bonchev–Trinajstić information content (AvgIpc) is 3.38. The molecule has 3 aromatic heterocycles. The predicted molar refractivity (Wildman–Crippen MR) is 120 cm³/mol. The molecule has 0 radical (unpaired) electrons. The summed E-state index contributed by atoms with van der Waals surface area (Å²) >= 11 is 0. The largest absolute Gasteiger partial charge is 0.416 e. The van der Waals surface area contributed by atoms with Gasteiger partial charge in [0.2, 0.25) is 0 Å².